The first-order valence-electron chi connectivity index (χ1n) is 47.6. The van der Waals surface area contributed by atoms with Gasteiger partial charge < -0.3 is 42.2 Å². The number of hydrogen-bond acceptors (Lipinski definition) is 15. The van der Waals surface area contributed by atoms with Gasteiger partial charge in [0.1, 0.15) is 34.2 Å². The molecule has 1 saturated heterocycles. The van der Waals surface area contributed by atoms with Crippen LogP contribution in [-0.4, -0.2) is 115 Å². The van der Waals surface area contributed by atoms with E-state index in [4.69, 9.17) is 16.0 Å². The quantitative estimate of drug-likeness (QED) is 0.0229. The number of fused-ring (bicyclic) bond motifs is 5. The van der Waals surface area contributed by atoms with Crippen molar-refractivity contribution in [3.8, 4) is 17.6 Å². The Bertz CT molecular complexity index is 6610. The second-order valence-electron chi connectivity index (χ2n) is 44.2. The van der Waals surface area contributed by atoms with Gasteiger partial charge in [-0.1, -0.05) is 87.4 Å². The van der Waals surface area contributed by atoms with Crippen molar-refractivity contribution in [1.29, 1.82) is 5.26 Å². The summed E-state index contributed by atoms with van der Waals surface area (Å²) >= 11 is 0. The number of nitrogens with one attached hydrogen (secondary N) is 5. The van der Waals surface area contributed by atoms with E-state index in [-0.39, 0.29) is 116 Å². The van der Waals surface area contributed by atoms with Crippen molar-refractivity contribution in [3.05, 3.63) is 148 Å². The molecule has 9 fully saturated rings. The molecule has 6 heterocycles. The first kappa shape index (κ1) is 100. The fourth-order valence-electron chi connectivity index (χ4n) is 19.9. The minimum absolute atomic E-state index is 0.0282. The van der Waals surface area contributed by atoms with E-state index in [1.54, 1.807) is 66.1 Å². The molecular weight excluding hydrogens is 1780 g/mol. The van der Waals surface area contributed by atoms with Crippen molar-refractivity contribution in [2.24, 2.45) is 33.5 Å². The highest BCUT2D eigenvalue weighted by molar-refractivity contribution is 5.97. The summed E-state index contributed by atoms with van der Waals surface area (Å²) in [5.41, 5.74) is 2.52. The summed E-state index contributed by atoms with van der Waals surface area (Å²) in [6, 6.07) is 28.3. The van der Waals surface area contributed by atoms with Crippen LogP contribution in [0, 0.1) is 75.8 Å². The highest BCUT2D eigenvalue weighted by Gasteiger charge is 2.59. The van der Waals surface area contributed by atoms with Crippen molar-refractivity contribution < 1.29 is 78.4 Å². The molecule has 1 aliphatic heterocycles. The molecule has 138 heavy (non-hydrogen) atoms. The van der Waals surface area contributed by atoms with E-state index in [1.165, 1.54) is 77.5 Å². The van der Waals surface area contributed by atoms with Gasteiger partial charge >= 0.3 is 6.61 Å². The third kappa shape index (κ3) is 21.1. The molecule has 6 N–H and O–H groups in total. The van der Waals surface area contributed by atoms with Crippen molar-refractivity contribution in [3.63, 3.8) is 0 Å². The molecule has 26 nitrogen and oxygen atoms in total. The standard InChI is InChI=1S/C24H25FN4O2.C21H27F2N3O2.C20H26F3N3O2.C20H26FN3O2.C19H21FN4O/c1-15-5-7-17(18(25)11-15)24(3,31)13-21(30)28-22-27-19-8-6-16(14-26)12-20(19)29(22)23(2)9-4-10-23;1-20(2,13-5-6-13)12-17(27)25-19-24-15-8-7-14(28-18(22)23)11-16(15)26(19)21(3)9-4-10-21;1-18(2,20(4,22)23)11-15(27)24-17-25-16-13(21)9-12(28-5)10-14(16)26(17)19(3)7-6-8-19;1-19(2,3)10-17(25)23-18-22-15-8-7-13(20(21)11-26-12-20)9-16(15)24(18)14-5-4-6-14;1-18(2,3)10-15(25)22-17-23-16-13(20)5-12(21-4)6-14(16)24(17)19-7-11(8-19)9-19/h5-8,11-12,31H,4,9-10,13H2,1-3H3,(H,27,28,30);7-8,11,13,18H,4-6,9-10,12H2,1-3H3,(H,24,25,27);9-10H,6-8,11H2,1-5H3,(H,24,25,27);7-9,14H,4-6,10-12H2,1-3H3,(H,22,23,25);5-6,11H,7-10H2,1-3H3,(H,22,23,25). The predicted molar refractivity (Wildman–Crippen MR) is 514 cm³/mol. The molecule has 8 aliphatic carbocycles. The molecule has 9 aliphatic rings. The van der Waals surface area contributed by atoms with Gasteiger partial charge in [-0.3, -0.25) is 50.6 Å². The number of carbonyl (C=O) groups is 5. The molecule has 8 saturated carbocycles. The van der Waals surface area contributed by atoms with Crippen LogP contribution in [0.25, 0.3) is 60.0 Å². The molecule has 2 bridgehead atoms. The Morgan fingerprint density at radius 1 is 0.543 bits per heavy atom. The number of nitrogens with zero attached hydrogens (tertiary/aromatic N) is 12. The van der Waals surface area contributed by atoms with Crippen LogP contribution in [0.5, 0.6) is 11.5 Å². The number of ether oxygens (including phenoxy) is 3. The fraction of sp³-hybridized carbons (Fsp3) is 0.538. The van der Waals surface area contributed by atoms with Crippen molar-refractivity contribution in [1.82, 2.24) is 47.8 Å². The molecule has 20 rings (SSSR count). The third-order valence-corrected chi connectivity index (χ3v) is 29.0. The van der Waals surface area contributed by atoms with Gasteiger partial charge in [0.05, 0.1) is 94.7 Å². The van der Waals surface area contributed by atoms with Crippen LogP contribution in [0.4, 0.5) is 70.6 Å². The smallest absolute Gasteiger partial charge is 0.387 e. The Morgan fingerprint density at radius 2 is 1.01 bits per heavy atom. The van der Waals surface area contributed by atoms with Crippen LogP contribution < -0.4 is 36.1 Å². The number of benzene rings is 6. The van der Waals surface area contributed by atoms with E-state index in [2.05, 4.69) is 99.4 Å². The normalized spacial score (nSPS) is 19.2. The number of hydrogen-bond donors (Lipinski definition) is 6. The summed E-state index contributed by atoms with van der Waals surface area (Å²) in [4.78, 5) is 88.8. The van der Waals surface area contributed by atoms with Crippen molar-refractivity contribution in [2.45, 2.75) is 304 Å². The fourth-order valence-corrected chi connectivity index (χ4v) is 19.9. The Morgan fingerprint density at radius 3 is 1.46 bits per heavy atom. The molecule has 0 spiro atoms. The number of alkyl halides is 5. The average molecular weight is 1910 g/mol. The lowest BCUT2D eigenvalue weighted by Gasteiger charge is -2.62. The summed E-state index contributed by atoms with van der Waals surface area (Å²) in [6.07, 6.45) is 17.9. The lowest BCUT2D eigenvalue weighted by Crippen LogP contribution is -2.59. The molecule has 736 valence electrons. The minimum Gasteiger partial charge on any atom is -0.497 e. The molecule has 6 aromatic carbocycles. The van der Waals surface area contributed by atoms with Crippen molar-refractivity contribution in [2.75, 3.05) is 46.9 Å². The number of methoxy groups -OCH3 is 1. The molecule has 34 heteroatoms. The van der Waals surface area contributed by atoms with Crippen LogP contribution in [0.15, 0.2) is 97.1 Å². The van der Waals surface area contributed by atoms with E-state index in [1.807, 2.05) is 74.3 Å². The number of amides is 5. The van der Waals surface area contributed by atoms with Gasteiger partial charge in [0.25, 0.3) is 5.92 Å². The number of halogens is 8. The minimum atomic E-state index is -3.02. The maximum atomic E-state index is 14.8. The Hall–Kier alpha value is -12.0. The van der Waals surface area contributed by atoms with Crippen LogP contribution in [0.2, 0.25) is 0 Å². The predicted octanol–water partition coefficient (Wildman–Crippen LogP) is 23.8. The van der Waals surface area contributed by atoms with E-state index < -0.39 is 58.5 Å². The second kappa shape index (κ2) is 37.6. The average Bonchev–Trinajstić information content (AvgIpc) is 1.44. The number of anilines is 5. The summed E-state index contributed by atoms with van der Waals surface area (Å²) in [6.45, 7) is 33.8. The molecule has 0 radical (unpaired) electrons. The number of carbonyl (C=O) groups excluding carboxylic acids is 5. The molecule has 5 aromatic heterocycles. The van der Waals surface area contributed by atoms with Crippen LogP contribution in [0.3, 0.4) is 0 Å². The second-order valence-corrected chi connectivity index (χ2v) is 44.2. The molecule has 5 amide bonds. The summed E-state index contributed by atoms with van der Waals surface area (Å²) < 4.78 is 136. The molecule has 11 aromatic rings. The van der Waals surface area contributed by atoms with Crippen LogP contribution in [-0.2, 0) is 62.1 Å². The zero-order valence-electron chi connectivity index (χ0n) is 81.6. The topological polar surface area (TPSA) is 311 Å². The molecule has 1 atom stereocenters. The summed E-state index contributed by atoms with van der Waals surface area (Å²) in [5.74, 6) is -2.12. The number of rotatable bonds is 25. The van der Waals surface area contributed by atoms with Gasteiger partial charge in [-0.25, -0.2) is 56.1 Å². The third-order valence-electron chi connectivity index (χ3n) is 29.0. The van der Waals surface area contributed by atoms with Crippen LogP contribution in [0.1, 0.15) is 273 Å². The number of imidazole rings is 5. The summed E-state index contributed by atoms with van der Waals surface area (Å²) in [5, 5.41) is 34.4. The Balaban J connectivity index is 0.000000131. The SMILES string of the molecule is CC(C)(C)CC(=O)Nc1nc2ccc(C3(F)COC3)cc2n1C1CCC1.CC(C)(CC(=O)Nc1nc2ccc(OC(F)F)cc2n1C1(C)CCC1)C1CC1.COc1cc(F)c2nc(NC(=O)CC(C)(C)C(C)(F)F)n(C3(C)CCC3)c2c1.Cc1ccc(C(C)(O)CC(=O)Nc2nc3ccc(C#N)cc3n2C2(C)CCC2)c(F)c1.[C-]#[N+]c1cc(F)c2nc(NC(=O)CC(C)(C)C)n(C34CC(C3)C4)c2c1. The van der Waals surface area contributed by atoms with Gasteiger partial charge in [0.2, 0.25) is 59.3 Å². The number of nitriles is 1. The number of aryl methyl sites for hydroxylation is 1. The monoisotopic (exact) mass is 1910 g/mol. The highest BCUT2D eigenvalue weighted by atomic mass is 19.3. The van der Waals surface area contributed by atoms with E-state index >= 15 is 0 Å². The van der Waals surface area contributed by atoms with E-state index in [9.17, 15) is 69.5 Å². The Labute approximate surface area is 797 Å². The molecule has 1 unspecified atom stereocenters. The lowest BCUT2D eigenvalue weighted by atomic mass is 9.49. The van der Waals surface area contributed by atoms with Crippen molar-refractivity contribution >= 4 is 120 Å². The van der Waals surface area contributed by atoms with E-state index in [0.29, 0.717) is 99.5 Å². The maximum Gasteiger partial charge on any atom is 0.387 e. The van der Waals surface area contributed by atoms with Gasteiger partial charge in [0, 0.05) is 83.1 Å². The van der Waals surface area contributed by atoms with Gasteiger partial charge in [-0.2, -0.15) is 14.0 Å². The lowest BCUT2D eigenvalue weighted by molar-refractivity contribution is -0.135. The first-order valence-corrected chi connectivity index (χ1v) is 47.6. The van der Waals surface area contributed by atoms with E-state index in [0.717, 1.165) is 125 Å². The first-order chi connectivity index (χ1) is 64.6. The van der Waals surface area contributed by atoms with Gasteiger partial charge in [-0.15, -0.1) is 0 Å². The van der Waals surface area contributed by atoms with Gasteiger partial charge in [-0.05, 0) is 251 Å². The molecular formula is C104H125F8N17O9. The zero-order chi connectivity index (χ0) is 99.9. The zero-order valence-corrected chi connectivity index (χ0v) is 81.6. The number of aromatic nitrogens is 10. The largest absolute Gasteiger partial charge is 0.497 e. The summed E-state index contributed by atoms with van der Waals surface area (Å²) in [7, 11) is 1.45. The number of aliphatic hydroxyl groups is 1. The van der Waals surface area contributed by atoms with Gasteiger partial charge in [0.15, 0.2) is 17.2 Å². The highest BCUT2D eigenvalue weighted by Crippen LogP contribution is 2.64. The van der Waals surface area contributed by atoms with Crippen LogP contribution >= 0.6 is 0 Å². The maximum absolute atomic E-state index is 14.8. The Kier molecular flexibility index (Phi) is 27.4.